The van der Waals surface area contributed by atoms with Gasteiger partial charge in [0.05, 0.1) is 13.2 Å². The lowest BCUT2D eigenvalue weighted by Gasteiger charge is -2.56. The van der Waals surface area contributed by atoms with E-state index in [0.717, 1.165) is 5.56 Å². The number of nitrogens with one attached hydrogen (secondary N) is 1. The summed E-state index contributed by atoms with van der Waals surface area (Å²) in [4.78, 5) is 28.7. The Bertz CT molecular complexity index is 1090. The number of carbonyl (C=O) groups excluding carboxylic acids is 2. The highest BCUT2D eigenvalue weighted by Gasteiger charge is 2.69. The predicted molar refractivity (Wildman–Crippen MR) is 119 cm³/mol. The molecular formula is C23H20ClN3O3S. The van der Waals surface area contributed by atoms with Gasteiger partial charge in [0.1, 0.15) is 10.4 Å². The lowest BCUT2D eigenvalue weighted by atomic mass is 9.54. The zero-order valence-corrected chi connectivity index (χ0v) is 18.4. The second-order valence-corrected chi connectivity index (χ2v) is 8.79. The number of ether oxygens (including phenoxy) is 1. The monoisotopic (exact) mass is 453 g/mol. The Morgan fingerprint density at radius 2 is 1.94 bits per heavy atom. The second kappa shape index (κ2) is 8.04. The fourth-order valence-corrected chi connectivity index (χ4v) is 5.33. The van der Waals surface area contributed by atoms with Gasteiger partial charge in [-0.3, -0.25) is 14.5 Å². The summed E-state index contributed by atoms with van der Waals surface area (Å²) < 4.78 is 5.13. The number of fused-ring (bicyclic) bond motifs is 2. The van der Waals surface area contributed by atoms with Crippen molar-refractivity contribution in [2.75, 3.05) is 20.2 Å². The lowest BCUT2D eigenvalue weighted by molar-refractivity contribution is -0.169. The Morgan fingerprint density at radius 3 is 2.55 bits per heavy atom. The molecule has 8 heteroatoms. The lowest BCUT2D eigenvalue weighted by Crippen LogP contribution is -2.73. The van der Waals surface area contributed by atoms with Crippen molar-refractivity contribution in [3.8, 4) is 6.07 Å². The van der Waals surface area contributed by atoms with E-state index in [1.807, 2.05) is 35.2 Å². The van der Waals surface area contributed by atoms with E-state index in [2.05, 4.69) is 11.4 Å². The number of amides is 1. The number of methoxy groups -OCH3 is 1. The summed E-state index contributed by atoms with van der Waals surface area (Å²) in [5.41, 5.74) is -1.27. The van der Waals surface area contributed by atoms with E-state index >= 15 is 0 Å². The number of carbonyl (C=O) groups is 2. The average molecular weight is 454 g/mol. The number of rotatable bonds is 4. The zero-order chi connectivity index (χ0) is 22.2. The topological polar surface area (TPSA) is 82.4 Å². The van der Waals surface area contributed by atoms with Crippen LogP contribution in [0.3, 0.4) is 0 Å². The van der Waals surface area contributed by atoms with Crippen molar-refractivity contribution in [3.63, 3.8) is 0 Å². The van der Waals surface area contributed by atoms with E-state index in [1.54, 1.807) is 24.3 Å². The van der Waals surface area contributed by atoms with Gasteiger partial charge < -0.3 is 10.1 Å². The number of nitriles is 1. The largest absolute Gasteiger partial charge is 0.468 e. The van der Waals surface area contributed by atoms with Gasteiger partial charge in [-0.15, -0.1) is 0 Å². The van der Waals surface area contributed by atoms with Crippen LogP contribution < -0.4 is 5.32 Å². The molecule has 3 atom stereocenters. The normalized spacial score (nSPS) is 27.8. The van der Waals surface area contributed by atoms with Gasteiger partial charge in [-0.05, 0) is 23.3 Å². The van der Waals surface area contributed by atoms with Crippen molar-refractivity contribution in [1.29, 1.82) is 5.26 Å². The summed E-state index contributed by atoms with van der Waals surface area (Å²) >= 11 is 11.6. The number of halogens is 1. The molecule has 1 N–H and O–H groups in total. The number of hydrogen-bond acceptors (Lipinski definition) is 6. The summed E-state index contributed by atoms with van der Waals surface area (Å²) in [6.45, 7) is 0.829. The Morgan fingerprint density at radius 1 is 1.26 bits per heavy atom. The van der Waals surface area contributed by atoms with Gasteiger partial charge in [0, 0.05) is 30.6 Å². The maximum Gasteiger partial charge on any atom is 0.323 e. The Hall–Kier alpha value is -2.79. The average Bonchev–Trinajstić information content (AvgIpc) is 2.78. The van der Waals surface area contributed by atoms with Gasteiger partial charge in [-0.1, -0.05) is 66.3 Å². The number of hydrogen-bond donors (Lipinski definition) is 1. The minimum Gasteiger partial charge on any atom is -0.468 e. The quantitative estimate of drug-likeness (QED) is 0.435. The molecule has 2 heterocycles. The maximum atomic E-state index is 13.4. The van der Waals surface area contributed by atoms with Crippen molar-refractivity contribution in [1.82, 2.24) is 10.2 Å². The summed E-state index contributed by atoms with van der Waals surface area (Å²) in [5, 5.41) is 13.6. The summed E-state index contributed by atoms with van der Waals surface area (Å²) in [6, 6.07) is 18.9. The number of piperidine rings is 2. The molecule has 0 aromatic heterocycles. The molecule has 2 bridgehead atoms. The highest BCUT2D eigenvalue weighted by molar-refractivity contribution is 7.80. The number of likely N-dealkylation sites (tertiary alicyclic amines) is 1. The smallest absolute Gasteiger partial charge is 0.323 e. The fraction of sp³-hybridized carbons (Fsp3) is 0.304. The molecule has 2 aliphatic rings. The number of nitrogens with zero attached hydrogens (tertiary/aromatic N) is 2. The third-order valence-electron chi connectivity index (χ3n) is 6.17. The van der Waals surface area contributed by atoms with E-state index in [4.69, 9.17) is 28.6 Å². The number of esters is 1. The first-order chi connectivity index (χ1) is 14.9. The third-order valence-corrected chi connectivity index (χ3v) is 6.89. The van der Waals surface area contributed by atoms with Crippen molar-refractivity contribution in [3.05, 3.63) is 70.7 Å². The SMILES string of the molecule is COC(=O)[C@@]12CN(Cc3ccccc3)C[C@](C#N)(C(=S)NC1=O)[C@@H]2c1ccc(Cl)cc1. The molecule has 0 unspecified atom stereocenters. The van der Waals surface area contributed by atoms with Gasteiger partial charge >= 0.3 is 5.97 Å². The van der Waals surface area contributed by atoms with Crippen LogP contribution in [0.2, 0.25) is 5.02 Å². The Kier molecular flexibility index (Phi) is 5.56. The van der Waals surface area contributed by atoms with Crippen LogP contribution in [-0.4, -0.2) is 42.0 Å². The third kappa shape index (κ3) is 3.32. The summed E-state index contributed by atoms with van der Waals surface area (Å²) in [6.07, 6.45) is 0. The molecule has 0 saturated carbocycles. The Balaban J connectivity index is 1.90. The molecule has 6 nitrogen and oxygen atoms in total. The van der Waals surface area contributed by atoms with Crippen molar-refractivity contribution in [2.45, 2.75) is 12.5 Å². The molecule has 2 aromatic rings. The summed E-state index contributed by atoms with van der Waals surface area (Å²) in [5.74, 6) is -2.04. The highest BCUT2D eigenvalue weighted by Crippen LogP contribution is 2.56. The van der Waals surface area contributed by atoms with Gasteiger partial charge in [-0.2, -0.15) is 5.26 Å². The van der Waals surface area contributed by atoms with E-state index in [0.29, 0.717) is 17.1 Å². The molecule has 2 aliphatic heterocycles. The molecule has 0 spiro atoms. The molecule has 158 valence electrons. The van der Waals surface area contributed by atoms with Crippen LogP contribution in [0, 0.1) is 22.2 Å². The van der Waals surface area contributed by atoms with Crippen molar-refractivity contribution >= 4 is 40.7 Å². The van der Waals surface area contributed by atoms with E-state index < -0.39 is 28.6 Å². The van der Waals surface area contributed by atoms with Gasteiger partial charge in [-0.25, -0.2) is 0 Å². The standard InChI is InChI=1S/C23H20ClN3O3S/c1-30-21(29)23-14-27(11-15-5-3-2-4-6-15)13-22(12-25,20(31)26-19(23)28)18(23)16-7-9-17(24)10-8-16/h2-10,18H,11,13-14H2,1H3,(H,26,28,31)/t18-,22-,23+/m0/s1. The first kappa shape index (κ1) is 21.4. The minimum absolute atomic E-state index is 0.0970. The maximum absolute atomic E-state index is 13.4. The summed E-state index contributed by atoms with van der Waals surface area (Å²) in [7, 11) is 1.25. The minimum atomic E-state index is -1.63. The highest BCUT2D eigenvalue weighted by atomic mass is 35.5. The first-order valence-electron chi connectivity index (χ1n) is 9.74. The van der Waals surface area contributed by atoms with Crippen LogP contribution in [0.25, 0.3) is 0 Å². The molecule has 4 rings (SSSR count). The zero-order valence-electron chi connectivity index (χ0n) is 16.8. The van der Waals surface area contributed by atoms with E-state index in [1.165, 1.54) is 7.11 Å². The molecule has 2 fully saturated rings. The molecule has 1 amide bonds. The van der Waals surface area contributed by atoms with E-state index in [9.17, 15) is 14.9 Å². The molecule has 31 heavy (non-hydrogen) atoms. The van der Waals surface area contributed by atoms with Crippen molar-refractivity contribution in [2.24, 2.45) is 10.8 Å². The van der Waals surface area contributed by atoms with Crippen LogP contribution in [0.5, 0.6) is 0 Å². The fourth-order valence-electron chi connectivity index (χ4n) is 4.88. The molecular weight excluding hydrogens is 434 g/mol. The predicted octanol–water partition coefficient (Wildman–Crippen LogP) is 3.07. The number of thiocarbonyl (C=S) groups is 1. The second-order valence-electron chi connectivity index (χ2n) is 7.94. The Labute approximate surface area is 190 Å². The molecule has 2 saturated heterocycles. The van der Waals surface area contributed by atoms with Crippen LogP contribution >= 0.6 is 23.8 Å². The van der Waals surface area contributed by atoms with Crippen LogP contribution in [-0.2, 0) is 20.9 Å². The van der Waals surface area contributed by atoms with Crippen molar-refractivity contribution < 1.29 is 14.3 Å². The van der Waals surface area contributed by atoms with Crippen LogP contribution in [0.1, 0.15) is 17.0 Å². The van der Waals surface area contributed by atoms with Gasteiger partial charge in [0.15, 0.2) is 5.41 Å². The first-order valence-corrected chi connectivity index (χ1v) is 10.5. The van der Waals surface area contributed by atoms with Gasteiger partial charge in [0.25, 0.3) is 0 Å². The molecule has 2 aromatic carbocycles. The van der Waals surface area contributed by atoms with Crippen LogP contribution in [0.4, 0.5) is 0 Å². The molecule has 0 radical (unpaired) electrons. The van der Waals surface area contributed by atoms with Crippen LogP contribution in [0.15, 0.2) is 54.6 Å². The number of benzene rings is 2. The van der Waals surface area contributed by atoms with Gasteiger partial charge in [0.2, 0.25) is 5.91 Å². The van der Waals surface area contributed by atoms with E-state index in [-0.39, 0.29) is 18.1 Å². The molecule has 0 aliphatic carbocycles.